The van der Waals surface area contributed by atoms with E-state index in [2.05, 4.69) is 0 Å². The number of carbonyl (C=O) groups is 3. The molecule has 0 bridgehead atoms. The third kappa shape index (κ3) is 1.63. The first kappa shape index (κ1) is 12.1. The third-order valence-electron chi connectivity index (χ3n) is 4.28. The molecule has 1 saturated carbocycles. The Morgan fingerprint density at radius 2 is 1.84 bits per heavy atom. The number of carbonyl (C=O) groups excluding carboxylic acids is 3. The van der Waals surface area contributed by atoms with Gasteiger partial charge >= 0.3 is 0 Å². The standard InChI is InChI=1S/C15H15NO3/c17-10-9-16-13-4-2-1-3-12(13)15(14(16)19)7-5-11(18)6-8-15/h1-4,10H,5-9H2. The minimum atomic E-state index is -0.576. The highest BCUT2D eigenvalue weighted by atomic mass is 16.2. The summed E-state index contributed by atoms with van der Waals surface area (Å²) >= 11 is 0. The van der Waals surface area contributed by atoms with E-state index in [4.69, 9.17) is 0 Å². The molecule has 0 N–H and O–H groups in total. The summed E-state index contributed by atoms with van der Waals surface area (Å²) in [6.07, 6.45) is 2.79. The maximum absolute atomic E-state index is 12.7. The van der Waals surface area contributed by atoms with Crippen LogP contribution in [0.15, 0.2) is 24.3 Å². The fraction of sp³-hybridized carbons (Fsp3) is 0.400. The molecule has 1 aliphatic heterocycles. The van der Waals surface area contributed by atoms with Gasteiger partial charge in [-0.25, -0.2) is 0 Å². The van der Waals surface area contributed by atoms with Crippen molar-refractivity contribution in [3.8, 4) is 0 Å². The number of anilines is 1. The Hall–Kier alpha value is -1.97. The molecule has 19 heavy (non-hydrogen) atoms. The lowest BCUT2D eigenvalue weighted by molar-refractivity contribution is -0.128. The van der Waals surface area contributed by atoms with Crippen LogP contribution in [0, 0.1) is 0 Å². The second kappa shape index (κ2) is 4.30. The summed E-state index contributed by atoms with van der Waals surface area (Å²) in [5.74, 6) is 0.207. The molecule has 0 unspecified atom stereocenters. The van der Waals surface area contributed by atoms with Crippen molar-refractivity contribution >= 4 is 23.7 Å². The van der Waals surface area contributed by atoms with E-state index in [-0.39, 0.29) is 18.2 Å². The second-order valence-electron chi connectivity index (χ2n) is 5.22. The van der Waals surface area contributed by atoms with Gasteiger partial charge in [0.1, 0.15) is 12.1 Å². The molecule has 0 aromatic heterocycles. The molecule has 1 spiro atoms. The lowest BCUT2D eigenvalue weighted by atomic mass is 9.70. The van der Waals surface area contributed by atoms with E-state index in [9.17, 15) is 14.4 Å². The smallest absolute Gasteiger partial charge is 0.238 e. The van der Waals surface area contributed by atoms with Gasteiger partial charge in [-0.3, -0.25) is 9.59 Å². The van der Waals surface area contributed by atoms with Crippen LogP contribution in [0.3, 0.4) is 0 Å². The van der Waals surface area contributed by atoms with Crippen molar-refractivity contribution in [3.05, 3.63) is 29.8 Å². The summed E-state index contributed by atoms with van der Waals surface area (Å²) in [7, 11) is 0. The van der Waals surface area contributed by atoms with Crippen LogP contribution in [0.1, 0.15) is 31.2 Å². The summed E-state index contributed by atoms with van der Waals surface area (Å²) < 4.78 is 0. The van der Waals surface area contributed by atoms with Crippen LogP contribution >= 0.6 is 0 Å². The number of ketones is 1. The van der Waals surface area contributed by atoms with Gasteiger partial charge < -0.3 is 9.69 Å². The number of hydrogen-bond acceptors (Lipinski definition) is 3. The predicted molar refractivity (Wildman–Crippen MR) is 70.0 cm³/mol. The van der Waals surface area contributed by atoms with Crippen LogP contribution in [0.25, 0.3) is 0 Å². The first-order chi connectivity index (χ1) is 9.19. The minimum absolute atomic E-state index is 0.0201. The molecular formula is C15H15NO3. The predicted octanol–water partition coefficient (Wildman–Crippen LogP) is 1.61. The number of rotatable bonds is 2. The average molecular weight is 257 g/mol. The van der Waals surface area contributed by atoms with Crippen molar-refractivity contribution < 1.29 is 14.4 Å². The van der Waals surface area contributed by atoms with E-state index in [0.29, 0.717) is 25.7 Å². The summed E-state index contributed by atoms with van der Waals surface area (Å²) in [4.78, 5) is 36.5. The molecule has 1 aromatic rings. The zero-order chi connectivity index (χ0) is 13.5. The van der Waals surface area contributed by atoms with Gasteiger partial charge in [-0.2, -0.15) is 0 Å². The van der Waals surface area contributed by atoms with Gasteiger partial charge in [0.25, 0.3) is 0 Å². The first-order valence-corrected chi connectivity index (χ1v) is 6.56. The number of hydrogen-bond donors (Lipinski definition) is 0. The van der Waals surface area contributed by atoms with Gasteiger partial charge in [0.2, 0.25) is 5.91 Å². The minimum Gasteiger partial charge on any atom is -0.304 e. The van der Waals surface area contributed by atoms with Crippen molar-refractivity contribution in [2.75, 3.05) is 11.4 Å². The van der Waals surface area contributed by atoms with E-state index in [1.54, 1.807) is 4.90 Å². The summed E-state index contributed by atoms with van der Waals surface area (Å²) in [6.45, 7) is 0.0888. The number of benzene rings is 1. The van der Waals surface area contributed by atoms with Crippen molar-refractivity contribution in [1.82, 2.24) is 0 Å². The molecule has 0 radical (unpaired) electrons. The van der Waals surface area contributed by atoms with Crippen LogP contribution in [0.2, 0.25) is 0 Å². The van der Waals surface area contributed by atoms with E-state index < -0.39 is 5.41 Å². The summed E-state index contributed by atoms with van der Waals surface area (Å²) in [5.41, 5.74) is 1.23. The highest BCUT2D eigenvalue weighted by Crippen LogP contribution is 2.49. The number of nitrogens with zero attached hydrogens (tertiary/aromatic N) is 1. The monoisotopic (exact) mass is 257 g/mol. The van der Waals surface area contributed by atoms with Gasteiger partial charge in [0.15, 0.2) is 0 Å². The number of amides is 1. The summed E-state index contributed by atoms with van der Waals surface area (Å²) in [5, 5.41) is 0. The number of fused-ring (bicyclic) bond motifs is 2. The normalized spacial score (nSPS) is 20.7. The zero-order valence-corrected chi connectivity index (χ0v) is 10.6. The Morgan fingerprint density at radius 1 is 1.16 bits per heavy atom. The molecule has 0 atom stereocenters. The van der Waals surface area contributed by atoms with Gasteiger partial charge in [0.05, 0.1) is 12.0 Å². The fourth-order valence-electron chi connectivity index (χ4n) is 3.29. The first-order valence-electron chi connectivity index (χ1n) is 6.56. The number of para-hydroxylation sites is 1. The van der Waals surface area contributed by atoms with Crippen LogP contribution in [-0.4, -0.2) is 24.5 Å². The third-order valence-corrected chi connectivity index (χ3v) is 4.28. The lowest BCUT2D eigenvalue weighted by Crippen LogP contribution is -2.43. The van der Waals surface area contributed by atoms with Crippen molar-refractivity contribution in [3.63, 3.8) is 0 Å². The van der Waals surface area contributed by atoms with E-state index in [1.807, 2.05) is 24.3 Å². The molecule has 1 heterocycles. The van der Waals surface area contributed by atoms with Crippen LogP contribution < -0.4 is 4.90 Å². The highest BCUT2D eigenvalue weighted by Gasteiger charge is 2.51. The SMILES string of the molecule is O=CCN1C(=O)C2(CCC(=O)CC2)c2ccccc21. The molecular weight excluding hydrogens is 242 g/mol. The fourth-order valence-corrected chi connectivity index (χ4v) is 3.29. The molecule has 4 nitrogen and oxygen atoms in total. The molecule has 1 aromatic carbocycles. The molecule has 2 aliphatic rings. The van der Waals surface area contributed by atoms with Crippen molar-refractivity contribution in [1.29, 1.82) is 0 Å². The van der Waals surface area contributed by atoms with E-state index in [1.165, 1.54) is 0 Å². The Kier molecular flexibility index (Phi) is 2.73. The number of Topliss-reactive ketones (excluding diaryl/α,β-unsaturated/α-hetero) is 1. The average Bonchev–Trinajstić information content (AvgIpc) is 2.66. The van der Waals surface area contributed by atoms with E-state index in [0.717, 1.165) is 17.5 Å². The Bertz CT molecular complexity index is 554. The second-order valence-corrected chi connectivity index (χ2v) is 5.22. The maximum Gasteiger partial charge on any atom is 0.238 e. The Morgan fingerprint density at radius 3 is 2.53 bits per heavy atom. The van der Waals surface area contributed by atoms with Gasteiger partial charge in [0, 0.05) is 18.5 Å². The van der Waals surface area contributed by atoms with Gasteiger partial charge in [-0.15, -0.1) is 0 Å². The van der Waals surface area contributed by atoms with Crippen molar-refractivity contribution in [2.45, 2.75) is 31.1 Å². The molecule has 0 saturated heterocycles. The van der Waals surface area contributed by atoms with E-state index >= 15 is 0 Å². The highest BCUT2D eigenvalue weighted by molar-refractivity contribution is 6.10. The molecule has 1 amide bonds. The van der Waals surface area contributed by atoms with Gasteiger partial charge in [-0.1, -0.05) is 18.2 Å². The lowest BCUT2D eigenvalue weighted by Gasteiger charge is -2.31. The Labute approximate surface area is 111 Å². The van der Waals surface area contributed by atoms with Crippen LogP contribution in [0.5, 0.6) is 0 Å². The quantitative estimate of drug-likeness (QED) is 0.756. The number of aldehydes is 1. The van der Waals surface area contributed by atoms with Crippen LogP contribution in [-0.2, 0) is 19.8 Å². The maximum atomic E-state index is 12.7. The molecule has 1 fully saturated rings. The van der Waals surface area contributed by atoms with Crippen LogP contribution in [0.4, 0.5) is 5.69 Å². The zero-order valence-electron chi connectivity index (χ0n) is 10.6. The largest absolute Gasteiger partial charge is 0.304 e. The topological polar surface area (TPSA) is 54.5 Å². The molecule has 98 valence electrons. The molecule has 1 aliphatic carbocycles. The molecule has 4 heteroatoms. The van der Waals surface area contributed by atoms with Crippen molar-refractivity contribution in [2.24, 2.45) is 0 Å². The van der Waals surface area contributed by atoms with Gasteiger partial charge in [-0.05, 0) is 24.5 Å². The molecule has 3 rings (SSSR count). The Balaban J connectivity index is 2.09. The summed E-state index contributed by atoms with van der Waals surface area (Å²) in [6, 6.07) is 7.61.